The van der Waals surface area contributed by atoms with E-state index in [-0.39, 0.29) is 0 Å². The van der Waals surface area contributed by atoms with Crippen LogP contribution in [0.4, 0.5) is 17.5 Å². The normalized spacial score (nSPS) is 9.42. The maximum Gasteiger partial charge on any atom is 0.244 e. The van der Waals surface area contributed by atoms with E-state index in [1.54, 1.807) is 30.3 Å². The molecule has 0 spiro atoms. The molecule has 2 rings (SSSR count). The molecule has 0 aliphatic carbocycles. The standard InChI is InChI=1S/C13H12N6/c1-2-7-15-13-18-12(9-16-19-13)17-11-5-3-10(8-14)4-6-11/h2-6,9H,1,7H2,(H2,15,17,18,19). The van der Waals surface area contributed by atoms with Gasteiger partial charge in [-0.05, 0) is 24.3 Å². The summed E-state index contributed by atoms with van der Waals surface area (Å²) < 4.78 is 0. The molecule has 0 atom stereocenters. The topological polar surface area (TPSA) is 86.5 Å². The Balaban J connectivity index is 2.09. The monoisotopic (exact) mass is 252 g/mol. The molecule has 2 aromatic rings. The van der Waals surface area contributed by atoms with Gasteiger partial charge in [0.2, 0.25) is 5.95 Å². The lowest BCUT2D eigenvalue weighted by Crippen LogP contribution is -2.05. The van der Waals surface area contributed by atoms with Gasteiger partial charge in [0.15, 0.2) is 5.82 Å². The molecular weight excluding hydrogens is 240 g/mol. The van der Waals surface area contributed by atoms with Crippen LogP contribution >= 0.6 is 0 Å². The van der Waals surface area contributed by atoms with Crippen molar-refractivity contribution in [3.63, 3.8) is 0 Å². The quantitative estimate of drug-likeness (QED) is 0.792. The van der Waals surface area contributed by atoms with Crippen molar-refractivity contribution in [3.05, 3.63) is 48.7 Å². The van der Waals surface area contributed by atoms with Crippen LogP contribution in [-0.2, 0) is 0 Å². The van der Waals surface area contributed by atoms with Crippen molar-refractivity contribution in [1.29, 1.82) is 5.26 Å². The number of anilines is 3. The summed E-state index contributed by atoms with van der Waals surface area (Å²) in [7, 11) is 0. The maximum atomic E-state index is 8.72. The molecule has 19 heavy (non-hydrogen) atoms. The van der Waals surface area contributed by atoms with Crippen LogP contribution in [-0.4, -0.2) is 21.7 Å². The van der Waals surface area contributed by atoms with Gasteiger partial charge in [-0.25, -0.2) is 0 Å². The highest BCUT2D eigenvalue weighted by Gasteiger charge is 2.00. The van der Waals surface area contributed by atoms with Crippen molar-refractivity contribution >= 4 is 17.5 Å². The Labute approximate surface area is 110 Å². The SMILES string of the molecule is C=CCNc1nncc(Nc2ccc(C#N)cc2)n1. The third kappa shape index (κ3) is 3.51. The Morgan fingerprint density at radius 3 is 2.79 bits per heavy atom. The average Bonchev–Trinajstić information content (AvgIpc) is 2.46. The summed E-state index contributed by atoms with van der Waals surface area (Å²) >= 11 is 0. The van der Waals surface area contributed by atoms with Gasteiger partial charge in [0.05, 0.1) is 17.8 Å². The Bertz CT molecular complexity index is 599. The summed E-state index contributed by atoms with van der Waals surface area (Å²) in [5.74, 6) is 1.00. The summed E-state index contributed by atoms with van der Waals surface area (Å²) in [4.78, 5) is 4.24. The predicted molar refractivity (Wildman–Crippen MR) is 73.0 cm³/mol. The van der Waals surface area contributed by atoms with Crippen LogP contribution in [0.2, 0.25) is 0 Å². The zero-order chi connectivity index (χ0) is 13.5. The van der Waals surface area contributed by atoms with Crippen molar-refractivity contribution in [3.8, 4) is 6.07 Å². The second-order valence-corrected chi connectivity index (χ2v) is 3.65. The van der Waals surface area contributed by atoms with Gasteiger partial charge in [0.1, 0.15) is 0 Å². The molecule has 0 fully saturated rings. The zero-order valence-electron chi connectivity index (χ0n) is 10.2. The van der Waals surface area contributed by atoms with E-state index in [2.05, 4.69) is 38.5 Å². The van der Waals surface area contributed by atoms with E-state index in [1.807, 2.05) is 0 Å². The molecule has 0 radical (unpaired) electrons. The minimum Gasteiger partial charge on any atom is -0.349 e. The van der Waals surface area contributed by atoms with Crippen molar-refractivity contribution in [2.24, 2.45) is 0 Å². The summed E-state index contributed by atoms with van der Waals surface area (Å²) in [6.07, 6.45) is 3.24. The van der Waals surface area contributed by atoms with Crippen LogP contribution in [0.1, 0.15) is 5.56 Å². The molecule has 0 unspecified atom stereocenters. The molecule has 0 saturated heterocycles. The molecule has 2 N–H and O–H groups in total. The first-order chi connectivity index (χ1) is 9.31. The first-order valence-electron chi connectivity index (χ1n) is 5.63. The molecule has 6 nitrogen and oxygen atoms in total. The van der Waals surface area contributed by atoms with Crippen molar-refractivity contribution in [2.75, 3.05) is 17.2 Å². The van der Waals surface area contributed by atoms with Crippen LogP contribution in [0, 0.1) is 11.3 Å². The number of nitrogens with zero attached hydrogens (tertiary/aromatic N) is 4. The fraction of sp³-hybridized carbons (Fsp3) is 0.0769. The van der Waals surface area contributed by atoms with Gasteiger partial charge < -0.3 is 10.6 Å². The summed E-state index contributed by atoms with van der Waals surface area (Å²) in [5, 5.41) is 22.4. The van der Waals surface area contributed by atoms with E-state index in [0.29, 0.717) is 23.9 Å². The van der Waals surface area contributed by atoms with Gasteiger partial charge in [-0.3, -0.25) is 0 Å². The first-order valence-corrected chi connectivity index (χ1v) is 5.63. The first kappa shape index (κ1) is 12.5. The number of nitriles is 1. The molecular formula is C13H12N6. The van der Waals surface area contributed by atoms with Gasteiger partial charge in [-0.2, -0.15) is 15.3 Å². The van der Waals surface area contributed by atoms with E-state index >= 15 is 0 Å². The predicted octanol–water partition coefficient (Wildman–Crippen LogP) is 2.08. The van der Waals surface area contributed by atoms with Crippen LogP contribution in [0.15, 0.2) is 43.1 Å². The van der Waals surface area contributed by atoms with Gasteiger partial charge in [-0.15, -0.1) is 11.7 Å². The molecule has 0 amide bonds. The smallest absolute Gasteiger partial charge is 0.244 e. The summed E-state index contributed by atoms with van der Waals surface area (Å²) in [5.41, 5.74) is 1.44. The number of hydrogen-bond acceptors (Lipinski definition) is 6. The van der Waals surface area contributed by atoms with Crippen LogP contribution < -0.4 is 10.6 Å². The van der Waals surface area contributed by atoms with E-state index < -0.39 is 0 Å². The lowest BCUT2D eigenvalue weighted by molar-refractivity contribution is 0.968. The van der Waals surface area contributed by atoms with Crippen molar-refractivity contribution < 1.29 is 0 Å². The fourth-order valence-electron chi connectivity index (χ4n) is 1.38. The second-order valence-electron chi connectivity index (χ2n) is 3.65. The minimum atomic E-state index is 0.429. The number of hydrogen-bond donors (Lipinski definition) is 2. The highest BCUT2D eigenvalue weighted by molar-refractivity contribution is 5.57. The third-order valence-corrected chi connectivity index (χ3v) is 2.25. The lowest BCUT2D eigenvalue weighted by Gasteiger charge is -2.06. The Morgan fingerprint density at radius 2 is 2.11 bits per heavy atom. The average molecular weight is 252 g/mol. The van der Waals surface area contributed by atoms with E-state index in [0.717, 1.165) is 5.69 Å². The Hall–Kier alpha value is -2.94. The molecule has 0 aliphatic heterocycles. The Kier molecular flexibility index (Phi) is 4.03. The molecule has 0 aliphatic rings. The second kappa shape index (κ2) is 6.12. The molecule has 0 bridgehead atoms. The fourth-order valence-corrected chi connectivity index (χ4v) is 1.38. The molecule has 94 valence electrons. The van der Waals surface area contributed by atoms with Crippen LogP contribution in [0.25, 0.3) is 0 Å². The molecule has 6 heteroatoms. The number of aromatic nitrogens is 3. The van der Waals surface area contributed by atoms with Crippen molar-refractivity contribution in [2.45, 2.75) is 0 Å². The van der Waals surface area contributed by atoms with Gasteiger partial charge in [-0.1, -0.05) is 6.08 Å². The van der Waals surface area contributed by atoms with Crippen molar-refractivity contribution in [1.82, 2.24) is 15.2 Å². The van der Waals surface area contributed by atoms with Gasteiger partial charge in [0.25, 0.3) is 0 Å². The zero-order valence-corrected chi connectivity index (χ0v) is 10.2. The third-order valence-electron chi connectivity index (χ3n) is 2.25. The molecule has 1 aromatic carbocycles. The van der Waals surface area contributed by atoms with Crippen LogP contribution in [0.3, 0.4) is 0 Å². The number of benzene rings is 1. The van der Waals surface area contributed by atoms with E-state index in [1.165, 1.54) is 6.20 Å². The largest absolute Gasteiger partial charge is 0.349 e. The Morgan fingerprint density at radius 1 is 1.32 bits per heavy atom. The molecule has 1 heterocycles. The number of rotatable bonds is 5. The highest BCUT2D eigenvalue weighted by atomic mass is 15.3. The molecule has 0 saturated carbocycles. The summed E-state index contributed by atoms with van der Waals surface area (Å²) in [6, 6.07) is 9.13. The summed E-state index contributed by atoms with van der Waals surface area (Å²) in [6.45, 7) is 4.17. The number of nitrogens with one attached hydrogen (secondary N) is 2. The maximum absolute atomic E-state index is 8.72. The molecule has 1 aromatic heterocycles. The van der Waals surface area contributed by atoms with Gasteiger partial charge >= 0.3 is 0 Å². The minimum absolute atomic E-state index is 0.429. The van der Waals surface area contributed by atoms with Gasteiger partial charge in [0, 0.05) is 12.2 Å². The van der Waals surface area contributed by atoms with E-state index in [9.17, 15) is 0 Å². The lowest BCUT2D eigenvalue weighted by atomic mass is 10.2. The van der Waals surface area contributed by atoms with Crippen LogP contribution in [0.5, 0.6) is 0 Å². The van der Waals surface area contributed by atoms with E-state index in [4.69, 9.17) is 5.26 Å². The highest BCUT2D eigenvalue weighted by Crippen LogP contribution is 2.14.